The van der Waals surface area contributed by atoms with Crippen molar-refractivity contribution >= 4 is 46.3 Å². The molecule has 0 aliphatic heterocycles. The molecule has 0 bridgehead atoms. The maximum atomic E-state index is 6.15. The normalized spacial score (nSPS) is 11.3. The molecule has 3 aromatic rings. The number of nitrogens with zero attached hydrogens (tertiary/aromatic N) is 3. The highest BCUT2D eigenvalue weighted by molar-refractivity contribution is 8.01. The summed E-state index contributed by atoms with van der Waals surface area (Å²) in [6.45, 7) is 4.33. The van der Waals surface area contributed by atoms with Gasteiger partial charge in [0, 0.05) is 23.2 Å². The molecular weight excluding hydrogens is 357 g/mol. The first-order chi connectivity index (χ1) is 10.5. The maximum absolute atomic E-state index is 6.15. The molecule has 1 aromatic carbocycles. The third-order valence-corrected chi connectivity index (χ3v) is 5.82. The molecule has 2 aromatic heterocycles. The van der Waals surface area contributed by atoms with Crippen LogP contribution in [0.5, 0.6) is 0 Å². The van der Waals surface area contributed by atoms with Gasteiger partial charge in [-0.2, -0.15) is 5.10 Å². The Bertz CT molecular complexity index is 782. The Labute approximate surface area is 147 Å². The number of halogens is 2. The fraction of sp³-hybridized carbons (Fsp3) is 0.200. The van der Waals surface area contributed by atoms with Crippen LogP contribution in [0.2, 0.25) is 10.0 Å². The van der Waals surface area contributed by atoms with Crippen LogP contribution < -0.4 is 0 Å². The van der Waals surface area contributed by atoms with E-state index in [4.69, 9.17) is 28.2 Å². The molecule has 0 saturated heterocycles. The van der Waals surface area contributed by atoms with Crippen LogP contribution in [0.3, 0.4) is 0 Å². The molecule has 0 saturated carbocycles. The molecule has 0 radical (unpaired) electrons. The van der Waals surface area contributed by atoms with Gasteiger partial charge in [0.15, 0.2) is 0 Å². The van der Waals surface area contributed by atoms with Crippen LogP contribution >= 0.6 is 46.3 Å². The minimum atomic E-state index is 0.465. The van der Waals surface area contributed by atoms with Gasteiger partial charge in [-0.15, -0.1) is 11.8 Å². The summed E-state index contributed by atoms with van der Waals surface area (Å²) in [6, 6.07) is 7.49. The van der Waals surface area contributed by atoms with Crippen molar-refractivity contribution in [1.82, 2.24) is 14.8 Å². The number of hydrogen-bond acceptors (Lipinski definition) is 4. The quantitative estimate of drug-likeness (QED) is 0.544. The number of hydrogen-bond donors (Lipinski definition) is 0. The fourth-order valence-electron chi connectivity index (χ4n) is 1.90. The Morgan fingerprint density at radius 1 is 1.23 bits per heavy atom. The lowest BCUT2D eigenvalue weighted by Gasteiger charge is -2.05. The zero-order chi connectivity index (χ0) is 15.7. The Balaban J connectivity index is 2.09. The van der Waals surface area contributed by atoms with E-state index in [-0.39, 0.29) is 0 Å². The van der Waals surface area contributed by atoms with Gasteiger partial charge in [0.25, 0.3) is 0 Å². The van der Waals surface area contributed by atoms with Gasteiger partial charge in [0.2, 0.25) is 5.13 Å². The molecular formula is C15H13Cl2N3S2. The van der Waals surface area contributed by atoms with Crippen molar-refractivity contribution in [3.63, 3.8) is 0 Å². The van der Waals surface area contributed by atoms with E-state index in [1.807, 2.05) is 24.4 Å². The molecule has 0 N–H and O–H groups in total. The Morgan fingerprint density at radius 2 is 2.05 bits per heavy atom. The molecule has 0 aliphatic rings. The second-order valence-electron chi connectivity index (χ2n) is 4.88. The van der Waals surface area contributed by atoms with Crippen molar-refractivity contribution in [3.05, 3.63) is 46.7 Å². The Hall–Kier alpha value is -1.01. The van der Waals surface area contributed by atoms with Crippen LogP contribution in [0.4, 0.5) is 0 Å². The highest BCUT2D eigenvalue weighted by Crippen LogP contribution is 2.40. The Kier molecular flexibility index (Phi) is 4.78. The third-order valence-electron chi connectivity index (χ3n) is 2.82. The van der Waals surface area contributed by atoms with Crippen LogP contribution in [0.1, 0.15) is 13.8 Å². The van der Waals surface area contributed by atoms with Crippen molar-refractivity contribution in [3.8, 4) is 16.4 Å². The van der Waals surface area contributed by atoms with Crippen LogP contribution in [0.25, 0.3) is 16.4 Å². The van der Waals surface area contributed by atoms with Gasteiger partial charge in [-0.25, -0.2) is 9.67 Å². The SMILES string of the molecule is CC(C)Sc1sc(-n2cccn2)nc1-c1ccc(Cl)c(Cl)c1. The van der Waals surface area contributed by atoms with Gasteiger partial charge in [-0.3, -0.25) is 0 Å². The average molecular weight is 370 g/mol. The summed E-state index contributed by atoms with van der Waals surface area (Å²) in [4.78, 5) is 4.74. The molecule has 0 amide bonds. The summed E-state index contributed by atoms with van der Waals surface area (Å²) in [7, 11) is 0. The molecule has 0 unspecified atom stereocenters. The average Bonchev–Trinajstić information content (AvgIpc) is 3.10. The smallest absolute Gasteiger partial charge is 0.211 e. The zero-order valence-electron chi connectivity index (χ0n) is 12.0. The van der Waals surface area contributed by atoms with E-state index < -0.39 is 0 Å². The number of benzene rings is 1. The first-order valence-electron chi connectivity index (χ1n) is 6.67. The van der Waals surface area contributed by atoms with Crippen molar-refractivity contribution < 1.29 is 0 Å². The molecule has 0 fully saturated rings. The van der Waals surface area contributed by atoms with Crippen molar-refractivity contribution in [1.29, 1.82) is 0 Å². The summed E-state index contributed by atoms with van der Waals surface area (Å²) in [5, 5.41) is 6.64. The maximum Gasteiger partial charge on any atom is 0.211 e. The molecule has 114 valence electrons. The van der Waals surface area contributed by atoms with E-state index in [0.717, 1.165) is 20.6 Å². The number of thiazole rings is 1. The fourth-order valence-corrected chi connectivity index (χ4v) is 4.65. The van der Waals surface area contributed by atoms with Gasteiger partial charge >= 0.3 is 0 Å². The lowest BCUT2D eigenvalue weighted by molar-refractivity contribution is 0.870. The molecule has 0 aliphatic carbocycles. The second kappa shape index (κ2) is 6.62. The van der Waals surface area contributed by atoms with Crippen LogP contribution in [0.15, 0.2) is 40.9 Å². The lowest BCUT2D eigenvalue weighted by atomic mass is 10.2. The molecule has 0 atom stereocenters. The third kappa shape index (κ3) is 3.33. The van der Waals surface area contributed by atoms with Crippen molar-refractivity contribution in [2.24, 2.45) is 0 Å². The topological polar surface area (TPSA) is 30.7 Å². The predicted octanol–water partition coefficient (Wildman–Crippen LogP) is 5.80. The van der Waals surface area contributed by atoms with Gasteiger partial charge in [-0.05, 0) is 18.2 Å². The van der Waals surface area contributed by atoms with Gasteiger partial charge in [0.05, 0.1) is 19.9 Å². The number of rotatable bonds is 4. The first-order valence-corrected chi connectivity index (χ1v) is 9.12. The minimum absolute atomic E-state index is 0.465. The van der Waals surface area contributed by atoms with Crippen LogP contribution in [-0.2, 0) is 0 Å². The first kappa shape index (κ1) is 15.9. The van der Waals surface area contributed by atoms with E-state index in [9.17, 15) is 0 Å². The van der Waals surface area contributed by atoms with Gasteiger partial charge < -0.3 is 0 Å². The molecule has 2 heterocycles. The lowest BCUT2D eigenvalue weighted by Crippen LogP contribution is -1.92. The zero-order valence-corrected chi connectivity index (χ0v) is 15.1. The minimum Gasteiger partial charge on any atom is -0.217 e. The molecule has 0 spiro atoms. The summed E-state index contributed by atoms with van der Waals surface area (Å²) in [6.07, 6.45) is 3.64. The Morgan fingerprint density at radius 3 is 2.68 bits per heavy atom. The van der Waals surface area contributed by atoms with Crippen molar-refractivity contribution in [2.75, 3.05) is 0 Å². The van der Waals surface area contributed by atoms with E-state index in [0.29, 0.717) is 15.3 Å². The number of thioether (sulfide) groups is 1. The summed E-state index contributed by atoms with van der Waals surface area (Å²) < 4.78 is 2.93. The largest absolute Gasteiger partial charge is 0.217 e. The second-order valence-corrected chi connectivity index (χ2v) is 8.52. The standard InChI is InChI=1S/C15H13Cl2N3S2/c1-9(2)21-14-13(10-4-5-11(16)12(17)8-10)19-15(22-14)20-7-3-6-18-20/h3-9H,1-2H3. The number of aromatic nitrogens is 3. The highest BCUT2D eigenvalue weighted by atomic mass is 35.5. The molecule has 22 heavy (non-hydrogen) atoms. The van der Waals surface area contributed by atoms with Crippen LogP contribution in [-0.4, -0.2) is 20.0 Å². The van der Waals surface area contributed by atoms with E-state index in [2.05, 4.69) is 18.9 Å². The summed E-state index contributed by atoms with van der Waals surface area (Å²) in [5.41, 5.74) is 1.89. The van der Waals surface area contributed by atoms with E-state index in [1.54, 1.807) is 40.0 Å². The van der Waals surface area contributed by atoms with Gasteiger partial charge in [0.1, 0.15) is 0 Å². The van der Waals surface area contributed by atoms with Gasteiger partial charge in [-0.1, -0.05) is 54.5 Å². The monoisotopic (exact) mass is 369 g/mol. The van der Waals surface area contributed by atoms with Crippen LogP contribution in [0, 0.1) is 0 Å². The highest BCUT2D eigenvalue weighted by Gasteiger charge is 2.17. The van der Waals surface area contributed by atoms with E-state index >= 15 is 0 Å². The summed E-state index contributed by atoms with van der Waals surface area (Å²) >= 11 is 15.6. The molecule has 3 rings (SSSR count). The van der Waals surface area contributed by atoms with Crippen molar-refractivity contribution in [2.45, 2.75) is 23.3 Å². The predicted molar refractivity (Wildman–Crippen MR) is 95.7 cm³/mol. The van der Waals surface area contributed by atoms with E-state index in [1.165, 1.54) is 0 Å². The molecule has 3 nitrogen and oxygen atoms in total. The summed E-state index contributed by atoms with van der Waals surface area (Å²) in [5.74, 6) is 0. The molecule has 7 heteroatoms.